The molecule has 7 heteroatoms. The molecule has 3 aromatic carbocycles. The van der Waals surface area contributed by atoms with Gasteiger partial charge in [0, 0.05) is 11.6 Å². The maximum Gasteiger partial charge on any atom is 0.291 e. The molecule has 1 unspecified atom stereocenters. The van der Waals surface area contributed by atoms with Crippen molar-refractivity contribution in [2.75, 3.05) is 0 Å². The lowest BCUT2D eigenvalue weighted by Crippen LogP contribution is -2.29. The molecule has 0 bridgehead atoms. The van der Waals surface area contributed by atoms with Gasteiger partial charge in [0.15, 0.2) is 5.43 Å². The summed E-state index contributed by atoms with van der Waals surface area (Å²) in [5.41, 5.74) is 3.64. The number of benzene rings is 3. The lowest BCUT2D eigenvalue weighted by Gasteiger charge is -2.26. The highest BCUT2D eigenvalue weighted by Crippen LogP contribution is 2.41. The molecule has 0 saturated carbocycles. The van der Waals surface area contributed by atoms with Crippen molar-refractivity contribution in [3.05, 3.63) is 113 Å². The van der Waals surface area contributed by atoms with E-state index in [-0.39, 0.29) is 23.6 Å². The number of carbonyl (C=O) groups is 1. The van der Waals surface area contributed by atoms with Gasteiger partial charge in [0.2, 0.25) is 5.76 Å². The Morgan fingerprint density at radius 2 is 1.67 bits per heavy atom. The van der Waals surface area contributed by atoms with Crippen molar-refractivity contribution >= 4 is 51.7 Å². The molecule has 1 aliphatic heterocycles. The molecule has 4 nitrogen and oxygen atoms in total. The zero-order valence-corrected chi connectivity index (χ0v) is 20.1. The van der Waals surface area contributed by atoms with E-state index in [0.29, 0.717) is 37.2 Å². The Morgan fingerprint density at radius 3 is 2.39 bits per heavy atom. The molecule has 5 rings (SSSR count). The van der Waals surface area contributed by atoms with Gasteiger partial charge in [0.25, 0.3) is 5.91 Å². The summed E-state index contributed by atoms with van der Waals surface area (Å²) >= 11 is 18.8. The molecule has 1 aromatic heterocycles. The molecule has 33 heavy (non-hydrogen) atoms. The average Bonchev–Trinajstić information content (AvgIpc) is 3.03. The second-order valence-electron chi connectivity index (χ2n) is 8.23. The number of halogens is 3. The standard InChI is InChI=1S/C26H18Cl3NO3/c1-13-9-14(2)21-20(10-13)33-25-22(24(21)31)23(15-7-8-18(28)19(29)11-15)30(26(25)32)12-16-5-3-4-6-17(16)27/h3-11,23H,12H2,1-2H3. The monoisotopic (exact) mass is 497 g/mol. The van der Waals surface area contributed by atoms with E-state index in [4.69, 9.17) is 39.2 Å². The van der Waals surface area contributed by atoms with E-state index in [0.717, 1.165) is 16.7 Å². The van der Waals surface area contributed by atoms with Crippen molar-refractivity contribution in [3.8, 4) is 0 Å². The van der Waals surface area contributed by atoms with Crippen LogP contribution in [0.25, 0.3) is 11.0 Å². The number of rotatable bonds is 3. The first-order valence-corrected chi connectivity index (χ1v) is 11.5. The Balaban J connectivity index is 1.78. The van der Waals surface area contributed by atoms with Crippen LogP contribution in [0.3, 0.4) is 0 Å². The molecule has 1 aliphatic rings. The van der Waals surface area contributed by atoms with Crippen molar-refractivity contribution in [1.82, 2.24) is 4.90 Å². The van der Waals surface area contributed by atoms with Crippen molar-refractivity contribution in [1.29, 1.82) is 0 Å². The molecule has 0 N–H and O–H groups in total. The summed E-state index contributed by atoms with van der Waals surface area (Å²) in [7, 11) is 0. The number of amides is 1. The zero-order chi connectivity index (χ0) is 23.4. The number of hydrogen-bond donors (Lipinski definition) is 0. The number of fused-ring (bicyclic) bond motifs is 2. The number of nitrogens with zero attached hydrogens (tertiary/aromatic N) is 1. The quantitative estimate of drug-likeness (QED) is 0.302. The van der Waals surface area contributed by atoms with E-state index in [1.54, 1.807) is 35.2 Å². The van der Waals surface area contributed by atoms with Gasteiger partial charge in [0.1, 0.15) is 5.58 Å². The van der Waals surface area contributed by atoms with E-state index < -0.39 is 6.04 Å². The van der Waals surface area contributed by atoms with Crippen LogP contribution in [0.5, 0.6) is 0 Å². The molecule has 1 atom stereocenters. The lowest BCUT2D eigenvalue weighted by molar-refractivity contribution is 0.0714. The van der Waals surface area contributed by atoms with Gasteiger partial charge in [-0.15, -0.1) is 0 Å². The summed E-state index contributed by atoms with van der Waals surface area (Å²) in [6, 6.07) is 15.4. The molecular weight excluding hydrogens is 481 g/mol. The Kier molecular flexibility index (Phi) is 5.48. The van der Waals surface area contributed by atoms with Gasteiger partial charge >= 0.3 is 0 Å². The zero-order valence-electron chi connectivity index (χ0n) is 17.8. The van der Waals surface area contributed by atoms with Crippen LogP contribution in [0.4, 0.5) is 0 Å². The predicted molar refractivity (Wildman–Crippen MR) is 132 cm³/mol. The van der Waals surface area contributed by atoms with Crippen molar-refractivity contribution in [3.63, 3.8) is 0 Å². The topological polar surface area (TPSA) is 50.5 Å². The fraction of sp³-hybridized carbons (Fsp3) is 0.154. The Hall–Kier alpha value is -2.79. The van der Waals surface area contributed by atoms with Gasteiger partial charge in [-0.3, -0.25) is 9.59 Å². The molecule has 1 amide bonds. The first-order valence-electron chi connectivity index (χ1n) is 10.3. The predicted octanol–water partition coefficient (Wildman–Crippen LogP) is 7.12. The van der Waals surface area contributed by atoms with E-state index >= 15 is 0 Å². The van der Waals surface area contributed by atoms with E-state index in [1.807, 2.05) is 38.1 Å². The van der Waals surface area contributed by atoms with Crippen LogP contribution >= 0.6 is 34.8 Å². The minimum absolute atomic E-state index is 0.0422. The molecule has 166 valence electrons. The second-order valence-corrected chi connectivity index (χ2v) is 9.45. The SMILES string of the molecule is Cc1cc(C)c2c(=O)c3c(oc2c1)C(=O)N(Cc1ccccc1Cl)C3c1ccc(Cl)c(Cl)c1. The van der Waals surface area contributed by atoms with Gasteiger partial charge in [-0.25, -0.2) is 0 Å². The van der Waals surface area contributed by atoms with Crippen LogP contribution in [0.2, 0.25) is 15.1 Å². The lowest BCUT2D eigenvalue weighted by atomic mass is 9.96. The molecule has 2 heterocycles. The van der Waals surface area contributed by atoms with Crippen LogP contribution < -0.4 is 5.43 Å². The highest BCUT2D eigenvalue weighted by Gasteiger charge is 2.43. The third-order valence-electron chi connectivity index (χ3n) is 5.97. The summed E-state index contributed by atoms with van der Waals surface area (Å²) in [4.78, 5) is 29.0. The minimum Gasteiger partial charge on any atom is -0.450 e. The largest absolute Gasteiger partial charge is 0.450 e. The van der Waals surface area contributed by atoms with E-state index in [9.17, 15) is 9.59 Å². The van der Waals surface area contributed by atoms with Gasteiger partial charge < -0.3 is 9.32 Å². The molecule has 4 aromatic rings. The van der Waals surface area contributed by atoms with Crippen LogP contribution in [0.1, 0.15) is 44.4 Å². The third-order valence-corrected chi connectivity index (χ3v) is 7.08. The molecule has 0 radical (unpaired) electrons. The van der Waals surface area contributed by atoms with Crippen LogP contribution in [-0.4, -0.2) is 10.8 Å². The van der Waals surface area contributed by atoms with Gasteiger partial charge in [-0.1, -0.05) is 65.1 Å². The van der Waals surface area contributed by atoms with E-state index in [2.05, 4.69) is 0 Å². The van der Waals surface area contributed by atoms with Crippen LogP contribution in [-0.2, 0) is 6.54 Å². The van der Waals surface area contributed by atoms with Gasteiger partial charge in [-0.05, 0) is 60.4 Å². The molecule has 0 saturated heterocycles. The number of aryl methyl sites for hydroxylation is 2. The summed E-state index contributed by atoms with van der Waals surface area (Å²) in [5, 5.41) is 1.73. The maximum absolute atomic E-state index is 13.8. The molecule has 0 spiro atoms. The van der Waals surface area contributed by atoms with Crippen LogP contribution in [0.15, 0.2) is 63.8 Å². The van der Waals surface area contributed by atoms with Crippen molar-refractivity contribution in [2.24, 2.45) is 0 Å². The van der Waals surface area contributed by atoms with Crippen LogP contribution in [0, 0.1) is 13.8 Å². The summed E-state index contributed by atoms with van der Waals surface area (Å²) in [5.74, 6) is -0.334. The maximum atomic E-state index is 13.8. The number of carbonyl (C=O) groups excluding carboxylic acids is 1. The minimum atomic E-state index is -0.695. The fourth-order valence-corrected chi connectivity index (χ4v) is 5.02. The Morgan fingerprint density at radius 1 is 0.909 bits per heavy atom. The van der Waals surface area contributed by atoms with Crippen molar-refractivity contribution in [2.45, 2.75) is 26.4 Å². The molecule has 0 fully saturated rings. The first kappa shape index (κ1) is 22.0. The second kappa shape index (κ2) is 8.21. The van der Waals surface area contributed by atoms with Gasteiger partial charge in [0.05, 0.1) is 27.0 Å². The summed E-state index contributed by atoms with van der Waals surface area (Å²) in [6.45, 7) is 3.98. The van der Waals surface area contributed by atoms with Crippen molar-refractivity contribution < 1.29 is 9.21 Å². The molecular formula is C26H18Cl3NO3. The summed E-state index contributed by atoms with van der Waals surface area (Å²) in [6.07, 6.45) is 0. The fourth-order valence-electron chi connectivity index (χ4n) is 4.52. The normalized spacial score (nSPS) is 15.4. The highest BCUT2D eigenvalue weighted by molar-refractivity contribution is 6.42. The van der Waals surface area contributed by atoms with E-state index in [1.165, 1.54) is 0 Å². The number of hydrogen-bond acceptors (Lipinski definition) is 3. The highest BCUT2D eigenvalue weighted by atomic mass is 35.5. The molecule has 0 aliphatic carbocycles. The summed E-state index contributed by atoms with van der Waals surface area (Å²) < 4.78 is 6.08. The first-order chi connectivity index (χ1) is 15.8. The van der Waals surface area contributed by atoms with Gasteiger partial charge in [-0.2, -0.15) is 0 Å². The third kappa shape index (κ3) is 3.63. The Bertz CT molecular complexity index is 1510. The Labute approximate surface area is 205 Å². The average molecular weight is 499 g/mol. The smallest absolute Gasteiger partial charge is 0.291 e.